The van der Waals surface area contributed by atoms with Crippen LogP contribution < -0.4 is 0 Å². The molecule has 0 radical (unpaired) electrons. The van der Waals surface area contributed by atoms with E-state index in [0.717, 1.165) is 5.56 Å². The van der Waals surface area contributed by atoms with Crippen molar-refractivity contribution in [1.29, 1.82) is 0 Å². The molecule has 1 fully saturated rings. The summed E-state index contributed by atoms with van der Waals surface area (Å²) >= 11 is 0. The van der Waals surface area contributed by atoms with Gasteiger partial charge in [-0.05, 0) is 11.1 Å². The largest absolute Gasteiger partial charge is 0.392 e. The van der Waals surface area contributed by atoms with E-state index >= 15 is 0 Å². The summed E-state index contributed by atoms with van der Waals surface area (Å²) in [5.74, 6) is -1.70. The molecule has 2 nitrogen and oxygen atoms in total. The highest BCUT2D eigenvalue weighted by atomic mass is 19.2. The number of benzene rings is 2. The van der Waals surface area contributed by atoms with Gasteiger partial charge in [-0.3, -0.25) is 0 Å². The number of halogens is 2. The zero-order chi connectivity index (χ0) is 13.4. The summed E-state index contributed by atoms with van der Waals surface area (Å²) in [6.45, 7) is 0.371. The van der Waals surface area contributed by atoms with Crippen molar-refractivity contribution in [1.82, 2.24) is 0 Å². The fraction of sp³-hybridized carbons (Fsp3) is 0.200. The molecule has 3 rings (SSSR count). The predicted molar refractivity (Wildman–Crippen MR) is 66.4 cm³/mol. The van der Waals surface area contributed by atoms with Crippen LogP contribution >= 0.6 is 0 Å². The number of rotatable bonds is 3. The lowest BCUT2D eigenvalue weighted by molar-refractivity contribution is 0.282. The van der Waals surface area contributed by atoms with E-state index in [1.807, 2.05) is 0 Å². The molecule has 1 aliphatic rings. The molecule has 1 heterocycles. The molecule has 2 aromatic carbocycles. The second-order valence-electron chi connectivity index (χ2n) is 4.51. The van der Waals surface area contributed by atoms with E-state index in [-0.39, 0.29) is 23.8 Å². The van der Waals surface area contributed by atoms with Gasteiger partial charge in [0.1, 0.15) is 6.10 Å². The number of aliphatic hydroxyl groups is 1. The Hall–Kier alpha value is -1.78. The predicted octanol–water partition coefficient (Wildman–Crippen LogP) is 3.20. The molecule has 1 unspecified atom stereocenters. The topological polar surface area (TPSA) is 32.8 Å². The molecule has 1 saturated heterocycles. The molecule has 2 aromatic rings. The Kier molecular flexibility index (Phi) is 3.05. The average molecular weight is 262 g/mol. The summed E-state index contributed by atoms with van der Waals surface area (Å²) < 4.78 is 32.9. The summed E-state index contributed by atoms with van der Waals surface area (Å²) in [7, 11) is 0. The molecule has 0 aromatic heterocycles. The van der Waals surface area contributed by atoms with Crippen molar-refractivity contribution in [2.75, 3.05) is 6.61 Å². The molecule has 0 amide bonds. The van der Waals surface area contributed by atoms with Crippen LogP contribution in [0.5, 0.6) is 0 Å². The van der Waals surface area contributed by atoms with Gasteiger partial charge in [-0.15, -0.1) is 0 Å². The van der Waals surface area contributed by atoms with Gasteiger partial charge >= 0.3 is 0 Å². The highest BCUT2D eigenvalue weighted by molar-refractivity contribution is 5.65. The van der Waals surface area contributed by atoms with Crippen molar-refractivity contribution >= 4 is 0 Å². The van der Waals surface area contributed by atoms with Crippen LogP contribution in [0.1, 0.15) is 17.2 Å². The molecule has 19 heavy (non-hydrogen) atoms. The third kappa shape index (κ3) is 2.25. The number of epoxide rings is 1. The van der Waals surface area contributed by atoms with Gasteiger partial charge in [0.25, 0.3) is 0 Å². The molecular weight excluding hydrogens is 250 g/mol. The first-order chi connectivity index (χ1) is 9.20. The molecule has 0 spiro atoms. The monoisotopic (exact) mass is 262 g/mol. The Morgan fingerprint density at radius 1 is 1.05 bits per heavy atom. The standard InChI is InChI=1S/C15H12F2O2/c16-14-11(10-3-1-9(7-18)2-4-10)5-6-12(15(14)17)13-8-19-13/h1-6,13,18H,7-8H2. The second-order valence-corrected chi connectivity index (χ2v) is 4.51. The number of hydrogen-bond acceptors (Lipinski definition) is 2. The van der Waals surface area contributed by atoms with E-state index < -0.39 is 11.6 Å². The first-order valence-electron chi connectivity index (χ1n) is 6.00. The van der Waals surface area contributed by atoms with Gasteiger partial charge < -0.3 is 9.84 Å². The van der Waals surface area contributed by atoms with Crippen molar-refractivity contribution in [3.05, 3.63) is 59.2 Å². The summed E-state index contributed by atoms with van der Waals surface area (Å²) in [6.07, 6.45) is -0.305. The minimum Gasteiger partial charge on any atom is -0.392 e. The SMILES string of the molecule is OCc1ccc(-c2ccc(C3CO3)c(F)c2F)cc1. The molecule has 1 N–H and O–H groups in total. The van der Waals surface area contributed by atoms with E-state index in [1.165, 1.54) is 0 Å². The quantitative estimate of drug-likeness (QED) is 0.862. The van der Waals surface area contributed by atoms with Crippen LogP contribution in [0.25, 0.3) is 11.1 Å². The number of ether oxygens (including phenoxy) is 1. The number of hydrogen-bond donors (Lipinski definition) is 1. The van der Waals surface area contributed by atoms with Crippen molar-refractivity contribution in [3.8, 4) is 11.1 Å². The van der Waals surface area contributed by atoms with Crippen LogP contribution in [-0.2, 0) is 11.3 Å². The normalized spacial score (nSPS) is 17.5. The third-order valence-corrected chi connectivity index (χ3v) is 3.24. The zero-order valence-electron chi connectivity index (χ0n) is 10.1. The Morgan fingerprint density at radius 3 is 2.32 bits per heavy atom. The molecule has 0 aliphatic carbocycles. The minimum absolute atomic E-state index is 0.0743. The smallest absolute Gasteiger partial charge is 0.167 e. The molecule has 1 atom stereocenters. The fourth-order valence-electron chi connectivity index (χ4n) is 2.05. The van der Waals surface area contributed by atoms with Crippen LogP contribution in [0.3, 0.4) is 0 Å². The van der Waals surface area contributed by atoms with Gasteiger partial charge in [-0.1, -0.05) is 36.4 Å². The Bertz CT molecular complexity index is 604. The fourth-order valence-corrected chi connectivity index (χ4v) is 2.05. The van der Waals surface area contributed by atoms with Gasteiger partial charge in [-0.2, -0.15) is 0 Å². The van der Waals surface area contributed by atoms with Gasteiger partial charge in [0.05, 0.1) is 13.2 Å². The second kappa shape index (κ2) is 4.72. The van der Waals surface area contributed by atoms with Gasteiger partial charge in [0, 0.05) is 11.1 Å². The highest BCUT2D eigenvalue weighted by Gasteiger charge is 2.30. The lowest BCUT2D eigenvalue weighted by atomic mass is 10.0. The first kappa shape index (κ1) is 12.3. The van der Waals surface area contributed by atoms with Crippen molar-refractivity contribution in [2.45, 2.75) is 12.7 Å². The lowest BCUT2D eigenvalue weighted by Crippen LogP contribution is -1.96. The van der Waals surface area contributed by atoms with E-state index in [9.17, 15) is 8.78 Å². The minimum atomic E-state index is -0.857. The van der Waals surface area contributed by atoms with Crippen molar-refractivity contribution in [3.63, 3.8) is 0 Å². The average Bonchev–Trinajstić information content (AvgIpc) is 3.26. The summed E-state index contributed by atoms with van der Waals surface area (Å²) in [5.41, 5.74) is 1.80. The molecule has 1 aliphatic heterocycles. The van der Waals surface area contributed by atoms with Gasteiger partial charge in [-0.25, -0.2) is 8.78 Å². The van der Waals surface area contributed by atoms with Crippen LogP contribution in [-0.4, -0.2) is 11.7 Å². The van der Waals surface area contributed by atoms with Gasteiger partial charge in [0.15, 0.2) is 11.6 Å². The Labute approximate surface area is 109 Å². The summed E-state index contributed by atoms with van der Waals surface area (Å²) in [4.78, 5) is 0. The maximum absolute atomic E-state index is 14.0. The molecular formula is C15H12F2O2. The summed E-state index contributed by atoms with van der Waals surface area (Å²) in [6, 6.07) is 9.82. The molecule has 98 valence electrons. The van der Waals surface area contributed by atoms with Crippen LogP contribution in [0.4, 0.5) is 8.78 Å². The molecule has 0 saturated carbocycles. The van der Waals surface area contributed by atoms with E-state index in [4.69, 9.17) is 9.84 Å². The summed E-state index contributed by atoms with van der Waals surface area (Å²) in [5, 5.41) is 8.95. The first-order valence-corrected chi connectivity index (χ1v) is 6.00. The van der Waals surface area contributed by atoms with Crippen LogP contribution in [0, 0.1) is 11.6 Å². The zero-order valence-corrected chi connectivity index (χ0v) is 10.1. The Balaban J connectivity index is 2.02. The Morgan fingerprint density at radius 2 is 1.74 bits per heavy atom. The third-order valence-electron chi connectivity index (χ3n) is 3.24. The van der Waals surface area contributed by atoms with E-state index in [1.54, 1.807) is 36.4 Å². The maximum atomic E-state index is 14.0. The lowest BCUT2D eigenvalue weighted by Gasteiger charge is -2.08. The van der Waals surface area contributed by atoms with E-state index in [2.05, 4.69) is 0 Å². The van der Waals surface area contributed by atoms with Gasteiger partial charge in [0.2, 0.25) is 0 Å². The molecule has 4 heteroatoms. The molecule has 0 bridgehead atoms. The maximum Gasteiger partial charge on any atom is 0.167 e. The van der Waals surface area contributed by atoms with E-state index in [0.29, 0.717) is 12.2 Å². The van der Waals surface area contributed by atoms with Crippen molar-refractivity contribution < 1.29 is 18.6 Å². The highest BCUT2D eigenvalue weighted by Crippen LogP contribution is 2.35. The van der Waals surface area contributed by atoms with Crippen LogP contribution in [0.15, 0.2) is 36.4 Å². The number of aliphatic hydroxyl groups excluding tert-OH is 1. The van der Waals surface area contributed by atoms with Crippen LogP contribution in [0.2, 0.25) is 0 Å². The van der Waals surface area contributed by atoms with Crippen molar-refractivity contribution in [2.24, 2.45) is 0 Å².